The molecule has 0 aromatic carbocycles. The molecule has 1 aliphatic heterocycles. The van der Waals surface area contributed by atoms with Gasteiger partial charge in [-0.15, -0.1) is 12.4 Å². The molecule has 1 heterocycles. The Morgan fingerprint density at radius 1 is 1.31 bits per heavy atom. The van der Waals surface area contributed by atoms with Crippen LogP contribution >= 0.6 is 12.4 Å². The Balaban J connectivity index is 0.00000225. The van der Waals surface area contributed by atoms with E-state index in [1.165, 1.54) is 8.61 Å². The normalized spacial score (nSPS) is 27.1. The molecule has 1 saturated heterocycles. The molecular formula is C9H22ClN3O2S. The van der Waals surface area contributed by atoms with Gasteiger partial charge in [0.05, 0.1) is 0 Å². The Morgan fingerprint density at radius 2 is 1.81 bits per heavy atom. The lowest BCUT2D eigenvalue weighted by Gasteiger charge is -2.25. The van der Waals surface area contributed by atoms with Gasteiger partial charge in [-0.25, -0.2) is 0 Å². The highest BCUT2D eigenvalue weighted by Crippen LogP contribution is 2.20. The van der Waals surface area contributed by atoms with Gasteiger partial charge < -0.3 is 5.73 Å². The van der Waals surface area contributed by atoms with Crippen molar-refractivity contribution in [3.05, 3.63) is 0 Å². The van der Waals surface area contributed by atoms with Crippen LogP contribution in [-0.4, -0.2) is 49.2 Å². The highest BCUT2D eigenvalue weighted by atomic mass is 35.5. The van der Waals surface area contributed by atoms with Crippen molar-refractivity contribution < 1.29 is 8.42 Å². The van der Waals surface area contributed by atoms with E-state index >= 15 is 0 Å². The quantitative estimate of drug-likeness (QED) is 0.798. The summed E-state index contributed by atoms with van der Waals surface area (Å²) in [5.41, 5.74) is 5.82. The maximum absolute atomic E-state index is 12.1. The van der Waals surface area contributed by atoms with Gasteiger partial charge in [0.25, 0.3) is 10.2 Å². The van der Waals surface area contributed by atoms with E-state index < -0.39 is 10.2 Å². The molecular weight excluding hydrogens is 250 g/mol. The summed E-state index contributed by atoms with van der Waals surface area (Å²) in [5, 5.41) is 0. The van der Waals surface area contributed by atoms with Crippen molar-refractivity contribution in [3.8, 4) is 0 Å². The van der Waals surface area contributed by atoms with Gasteiger partial charge in [0.1, 0.15) is 0 Å². The molecule has 7 heteroatoms. The fourth-order valence-electron chi connectivity index (χ4n) is 1.85. The first-order chi connectivity index (χ1) is 6.93. The number of hydrogen-bond acceptors (Lipinski definition) is 3. The van der Waals surface area contributed by atoms with Gasteiger partial charge in [-0.3, -0.25) is 0 Å². The number of halogens is 1. The molecule has 2 unspecified atom stereocenters. The molecule has 0 bridgehead atoms. The first-order valence-electron chi connectivity index (χ1n) is 5.44. The first kappa shape index (κ1) is 16.1. The van der Waals surface area contributed by atoms with Gasteiger partial charge in [0.2, 0.25) is 0 Å². The molecule has 0 saturated carbocycles. The third kappa shape index (κ3) is 3.07. The van der Waals surface area contributed by atoms with Crippen molar-refractivity contribution in [1.82, 2.24) is 8.61 Å². The average molecular weight is 272 g/mol. The fraction of sp³-hybridized carbons (Fsp3) is 1.00. The Kier molecular flexibility index (Phi) is 6.21. The lowest BCUT2D eigenvalue weighted by molar-refractivity contribution is 0.374. The predicted octanol–water partition coefficient (Wildman–Crippen LogP) is 0.274. The molecule has 1 aliphatic rings. The van der Waals surface area contributed by atoms with Crippen LogP contribution in [0.2, 0.25) is 0 Å². The maximum atomic E-state index is 12.1. The summed E-state index contributed by atoms with van der Waals surface area (Å²) in [6.45, 7) is 7.70. The zero-order valence-corrected chi connectivity index (χ0v) is 11.7. The zero-order valence-electron chi connectivity index (χ0n) is 10.1. The second-order valence-corrected chi connectivity index (χ2v) is 5.98. The van der Waals surface area contributed by atoms with Gasteiger partial charge in [-0.05, 0) is 5.92 Å². The molecule has 1 rings (SSSR count). The van der Waals surface area contributed by atoms with Crippen LogP contribution in [0, 0.1) is 5.92 Å². The maximum Gasteiger partial charge on any atom is 0.282 e. The molecule has 0 spiro atoms. The first-order valence-corrected chi connectivity index (χ1v) is 6.84. The Bertz CT molecular complexity index is 296. The van der Waals surface area contributed by atoms with Crippen molar-refractivity contribution in [2.75, 3.05) is 26.2 Å². The smallest absolute Gasteiger partial charge is 0.282 e. The minimum Gasteiger partial charge on any atom is -0.326 e. The molecule has 16 heavy (non-hydrogen) atoms. The second kappa shape index (κ2) is 6.16. The lowest BCUT2D eigenvalue weighted by Crippen LogP contribution is -2.43. The third-order valence-electron chi connectivity index (χ3n) is 2.99. The van der Waals surface area contributed by atoms with E-state index in [1.807, 2.05) is 20.8 Å². The largest absolute Gasteiger partial charge is 0.326 e. The van der Waals surface area contributed by atoms with Crippen LogP contribution in [0.25, 0.3) is 0 Å². The highest BCUT2D eigenvalue weighted by molar-refractivity contribution is 7.86. The van der Waals surface area contributed by atoms with Crippen LogP contribution in [0.5, 0.6) is 0 Å². The average Bonchev–Trinajstić information content (AvgIpc) is 2.49. The molecule has 2 N–H and O–H groups in total. The van der Waals surface area contributed by atoms with Gasteiger partial charge in [-0.2, -0.15) is 17.0 Å². The molecule has 0 radical (unpaired) electrons. The van der Waals surface area contributed by atoms with Crippen molar-refractivity contribution in [2.45, 2.75) is 26.8 Å². The standard InChI is InChI=1S/C9H21N3O2S.ClH/c1-4-11(5-2)15(13,14)12-6-8(3)9(10)7-12;/h8-9H,4-7,10H2,1-3H3;1H. The Labute approximate surface area is 105 Å². The van der Waals surface area contributed by atoms with Crippen molar-refractivity contribution in [1.29, 1.82) is 0 Å². The predicted molar refractivity (Wildman–Crippen MR) is 67.8 cm³/mol. The lowest BCUT2D eigenvalue weighted by atomic mass is 10.1. The number of rotatable bonds is 4. The van der Waals surface area contributed by atoms with Crippen molar-refractivity contribution in [2.24, 2.45) is 11.7 Å². The molecule has 2 atom stereocenters. The highest BCUT2D eigenvalue weighted by Gasteiger charge is 2.36. The van der Waals surface area contributed by atoms with E-state index in [4.69, 9.17) is 5.73 Å². The third-order valence-corrected chi connectivity index (χ3v) is 5.11. The number of nitrogens with zero attached hydrogens (tertiary/aromatic N) is 2. The monoisotopic (exact) mass is 271 g/mol. The molecule has 0 aliphatic carbocycles. The van der Waals surface area contributed by atoms with Crippen molar-refractivity contribution >= 4 is 22.6 Å². The van der Waals surface area contributed by atoms with Gasteiger partial charge >= 0.3 is 0 Å². The molecule has 0 amide bonds. The van der Waals surface area contributed by atoms with Gasteiger partial charge in [0, 0.05) is 32.2 Å². The summed E-state index contributed by atoms with van der Waals surface area (Å²) < 4.78 is 27.1. The minimum atomic E-state index is -3.28. The van der Waals surface area contributed by atoms with Crippen LogP contribution in [0.4, 0.5) is 0 Å². The van der Waals surface area contributed by atoms with E-state index in [2.05, 4.69) is 0 Å². The SMILES string of the molecule is CCN(CC)S(=O)(=O)N1CC(C)C(N)C1.Cl. The van der Waals surface area contributed by atoms with E-state index in [1.54, 1.807) is 0 Å². The summed E-state index contributed by atoms with van der Waals surface area (Å²) >= 11 is 0. The molecule has 0 aromatic rings. The fourth-order valence-corrected chi connectivity index (χ4v) is 3.61. The zero-order chi connectivity index (χ0) is 11.6. The van der Waals surface area contributed by atoms with E-state index in [-0.39, 0.29) is 24.4 Å². The van der Waals surface area contributed by atoms with Crippen LogP contribution in [0.15, 0.2) is 0 Å². The summed E-state index contributed by atoms with van der Waals surface area (Å²) in [6, 6.07) is -0.0321. The molecule has 5 nitrogen and oxygen atoms in total. The van der Waals surface area contributed by atoms with Gasteiger partial charge in [-0.1, -0.05) is 20.8 Å². The summed E-state index contributed by atoms with van der Waals surface area (Å²) in [6.07, 6.45) is 0. The van der Waals surface area contributed by atoms with Crippen molar-refractivity contribution in [3.63, 3.8) is 0 Å². The van der Waals surface area contributed by atoms with E-state index in [0.29, 0.717) is 26.2 Å². The number of hydrogen-bond donors (Lipinski definition) is 1. The molecule has 1 fully saturated rings. The Hall–Kier alpha value is 0.120. The minimum absolute atomic E-state index is 0. The van der Waals surface area contributed by atoms with Gasteiger partial charge in [0.15, 0.2) is 0 Å². The summed E-state index contributed by atoms with van der Waals surface area (Å²) in [7, 11) is -3.28. The summed E-state index contributed by atoms with van der Waals surface area (Å²) in [4.78, 5) is 0. The van der Waals surface area contributed by atoms with Crippen LogP contribution in [0.1, 0.15) is 20.8 Å². The summed E-state index contributed by atoms with van der Waals surface area (Å²) in [5.74, 6) is 0.246. The molecule has 0 aromatic heterocycles. The number of nitrogens with two attached hydrogens (primary N) is 1. The topological polar surface area (TPSA) is 66.6 Å². The van der Waals surface area contributed by atoms with E-state index in [0.717, 1.165) is 0 Å². The van der Waals surface area contributed by atoms with Crippen LogP contribution < -0.4 is 5.73 Å². The van der Waals surface area contributed by atoms with Crippen LogP contribution in [-0.2, 0) is 10.2 Å². The second-order valence-electron chi connectivity index (χ2n) is 4.05. The molecule has 98 valence electrons. The van der Waals surface area contributed by atoms with Crippen LogP contribution in [0.3, 0.4) is 0 Å². The Morgan fingerprint density at radius 3 is 2.12 bits per heavy atom. The van der Waals surface area contributed by atoms with E-state index in [9.17, 15) is 8.42 Å².